The van der Waals surface area contributed by atoms with Gasteiger partial charge in [0.25, 0.3) is 11.8 Å². The van der Waals surface area contributed by atoms with Crippen molar-refractivity contribution in [2.24, 2.45) is 0 Å². The summed E-state index contributed by atoms with van der Waals surface area (Å²) in [6.07, 6.45) is 9.06. The maximum absolute atomic E-state index is 12.9. The Morgan fingerprint density at radius 3 is 2.62 bits per heavy atom. The zero-order chi connectivity index (χ0) is 22.7. The average molecular weight is 537 g/mol. The molecule has 162 valence electrons. The second-order valence-corrected chi connectivity index (χ2v) is 9.15. The van der Waals surface area contributed by atoms with Gasteiger partial charge in [-0.2, -0.15) is 0 Å². The predicted molar refractivity (Wildman–Crippen MR) is 137 cm³/mol. The van der Waals surface area contributed by atoms with Crippen molar-refractivity contribution in [2.75, 3.05) is 20.1 Å². The number of hydrogen-bond donors (Lipinski definition) is 1. The summed E-state index contributed by atoms with van der Waals surface area (Å²) in [7, 11) is 2.07. The van der Waals surface area contributed by atoms with Crippen LogP contribution in [0.25, 0.3) is 22.0 Å². The third kappa shape index (κ3) is 4.50. The molecule has 0 bridgehead atoms. The number of aryl methyl sites for hydroxylation is 1. The minimum Gasteiger partial charge on any atom is -0.347 e. The molecule has 3 aromatic rings. The Morgan fingerprint density at radius 2 is 1.84 bits per heavy atom. The van der Waals surface area contributed by atoms with Gasteiger partial charge in [0.15, 0.2) is 0 Å². The molecule has 0 atom stereocenters. The minimum atomic E-state index is -0.348. The molecular weight excluding hydrogens is 513 g/mol. The van der Waals surface area contributed by atoms with Crippen LogP contribution in [0.15, 0.2) is 54.7 Å². The summed E-state index contributed by atoms with van der Waals surface area (Å²) >= 11 is 2.21. The number of carbonyl (C=O) groups is 2. The molecule has 0 fully saturated rings. The van der Waals surface area contributed by atoms with Crippen molar-refractivity contribution in [3.8, 4) is 12.3 Å². The minimum absolute atomic E-state index is 0.346. The third-order valence-corrected chi connectivity index (χ3v) is 6.35. The Labute approximate surface area is 201 Å². The van der Waals surface area contributed by atoms with Gasteiger partial charge in [0.1, 0.15) is 0 Å². The smallest absolute Gasteiger partial charge is 0.259 e. The van der Waals surface area contributed by atoms with Crippen molar-refractivity contribution >= 4 is 56.5 Å². The molecule has 5 nitrogen and oxygen atoms in total. The Kier molecular flexibility index (Phi) is 6.77. The van der Waals surface area contributed by atoms with E-state index in [1.807, 2.05) is 48.7 Å². The second kappa shape index (κ2) is 9.72. The van der Waals surface area contributed by atoms with Gasteiger partial charge in [0, 0.05) is 45.7 Å². The zero-order valence-electron chi connectivity index (χ0n) is 17.9. The van der Waals surface area contributed by atoms with Crippen LogP contribution >= 0.6 is 22.6 Å². The number of amides is 2. The van der Waals surface area contributed by atoms with E-state index in [-0.39, 0.29) is 11.8 Å². The van der Waals surface area contributed by atoms with Gasteiger partial charge >= 0.3 is 0 Å². The fourth-order valence-corrected chi connectivity index (χ4v) is 4.68. The Bertz CT molecular complexity index is 1270. The number of terminal acetylenes is 1. The van der Waals surface area contributed by atoms with E-state index in [2.05, 4.69) is 56.4 Å². The highest BCUT2D eigenvalue weighted by Gasteiger charge is 2.33. The maximum Gasteiger partial charge on any atom is 0.259 e. The van der Waals surface area contributed by atoms with Gasteiger partial charge in [-0.3, -0.25) is 14.9 Å². The lowest BCUT2D eigenvalue weighted by Crippen LogP contribution is -2.22. The van der Waals surface area contributed by atoms with Crippen molar-refractivity contribution in [3.63, 3.8) is 0 Å². The molecule has 1 aromatic heterocycles. The Morgan fingerprint density at radius 1 is 1.06 bits per heavy atom. The standard InChI is InChI=1S/C26H24IN3O2/c1-3-4-13-29(2)14-8-15-30-17-21(20-11-5-6-12-22(20)30)24-23(25(31)28-26(24)32)18-9-7-10-19(27)16-18/h1,5-7,9-12,16-17H,4,8,13-15H2,2H3,(H,28,31,32). The van der Waals surface area contributed by atoms with E-state index in [0.717, 1.165) is 58.1 Å². The Balaban J connectivity index is 1.73. The fourth-order valence-electron chi connectivity index (χ4n) is 4.14. The summed E-state index contributed by atoms with van der Waals surface area (Å²) in [6, 6.07) is 15.7. The van der Waals surface area contributed by atoms with Crippen LogP contribution in [0, 0.1) is 15.9 Å². The molecular formula is C26H24IN3O2. The lowest BCUT2D eigenvalue weighted by Gasteiger charge is -2.15. The van der Waals surface area contributed by atoms with Gasteiger partial charge in [0.05, 0.1) is 11.1 Å². The number of halogens is 1. The van der Waals surface area contributed by atoms with Crippen molar-refractivity contribution in [3.05, 3.63) is 69.4 Å². The molecule has 2 aromatic carbocycles. The normalized spacial score (nSPS) is 13.8. The van der Waals surface area contributed by atoms with E-state index in [1.54, 1.807) is 0 Å². The van der Waals surface area contributed by atoms with Crippen LogP contribution < -0.4 is 5.32 Å². The van der Waals surface area contributed by atoms with Crippen LogP contribution in [-0.2, 0) is 16.1 Å². The van der Waals surface area contributed by atoms with Crippen LogP contribution in [-0.4, -0.2) is 41.4 Å². The quantitative estimate of drug-likeness (QED) is 0.267. The SMILES string of the molecule is C#CCCN(C)CCCn1cc(C2=C(c3cccc(I)c3)C(=O)NC2=O)c2ccccc21. The Hall–Kier alpha value is -2.89. The van der Waals surface area contributed by atoms with Gasteiger partial charge in [0.2, 0.25) is 0 Å². The van der Waals surface area contributed by atoms with E-state index in [4.69, 9.17) is 6.42 Å². The monoisotopic (exact) mass is 537 g/mol. The van der Waals surface area contributed by atoms with Gasteiger partial charge < -0.3 is 9.47 Å². The van der Waals surface area contributed by atoms with E-state index in [1.165, 1.54) is 0 Å². The first-order chi connectivity index (χ1) is 15.5. The van der Waals surface area contributed by atoms with Crippen molar-refractivity contribution < 1.29 is 9.59 Å². The molecule has 0 saturated carbocycles. The first kappa shape index (κ1) is 22.3. The summed E-state index contributed by atoms with van der Waals surface area (Å²) in [4.78, 5) is 27.9. The number of hydrogen-bond acceptors (Lipinski definition) is 3. The molecule has 4 rings (SSSR count). The number of nitrogens with one attached hydrogen (secondary N) is 1. The summed E-state index contributed by atoms with van der Waals surface area (Å²) in [5.41, 5.74) is 3.47. The number of rotatable bonds is 8. The molecule has 0 radical (unpaired) electrons. The fraction of sp³-hybridized carbons (Fsp3) is 0.231. The van der Waals surface area contributed by atoms with Crippen LogP contribution in [0.3, 0.4) is 0 Å². The van der Waals surface area contributed by atoms with Crippen molar-refractivity contribution in [1.29, 1.82) is 0 Å². The highest BCUT2D eigenvalue weighted by Crippen LogP contribution is 2.36. The first-order valence-corrected chi connectivity index (χ1v) is 11.6. The van der Waals surface area contributed by atoms with Gasteiger partial charge in [-0.05, 0) is 66.4 Å². The highest BCUT2D eigenvalue weighted by molar-refractivity contribution is 14.1. The number of benzene rings is 2. The molecule has 6 heteroatoms. The topological polar surface area (TPSA) is 54.3 Å². The number of para-hydroxylation sites is 1. The molecule has 2 heterocycles. The number of aromatic nitrogens is 1. The van der Waals surface area contributed by atoms with Crippen LogP contribution in [0.5, 0.6) is 0 Å². The van der Waals surface area contributed by atoms with Crippen LogP contribution in [0.1, 0.15) is 24.0 Å². The van der Waals surface area contributed by atoms with Gasteiger partial charge in [-0.25, -0.2) is 0 Å². The van der Waals surface area contributed by atoms with E-state index < -0.39 is 0 Å². The largest absolute Gasteiger partial charge is 0.347 e. The van der Waals surface area contributed by atoms with Crippen molar-refractivity contribution in [1.82, 2.24) is 14.8 Å². The average Bonchev–Trinajstić information content (AvgIpc) is 3.28. The van der Waals surface area contributed by atoms with Gasteiger partial charge in [-0.1, -0.05) is 30.3 Å². The molecule has 2 amide bonds. The molecule has 1 aliphatic heterocycles. The molecule has 0 saturated heterocycles. The van der Waals surface area contributed by atoms with E-state index in [0.29, 0.717) is 11.1 Å². The summed E-state index contributed by atoms with van der Waals surface area (Å²) in [5, 5.41) is 3.47. The zero-order valence-corrected chi connectivity index (χ0v) is 20.1. The summed E-state index contributed by atoms with van der Waals surface area (Å²) in [6.45, 7) is 2.61. The van der Waals surface area contributed by atoms with Crippen molar-refractivity contribution in [2.45, 2.75) is 19.4 Å². The predicted octanol–water partition coefficient (Wildman–Crippen LogP) is 4.16. The molecule has 0 spiro atoms. The molecule has 1 N–H and O–H groups in total. The lowest BCUT2D eigenvalue weighted by molar-refractivity contribution is -0.122. The van der Waals surface area contributed by atoms with Crippen LogP contribution in [0.2, 0.25) is 0 Å². The number of imide groups is 1. The van der Waals surface area contributed by atoms with E-state index >= 15 is 0 Å². The third-order valence-electron chi connectivity index (χ3n) is 5.68. The molecule has 1 aliphatic rings. The number of carbonyl (C=O) groups excluding carboxylic acids is 2. The van der Waals surface area contributed by atoms with Crippen LogP contribution in [0.4, 0.5) is 0 Å². The molecule has 0 unspecified atom stereocenters. The highest BCUT2D eigenvalue weighted by atomic mass is 127. The second-order valence-electron chi connectivity index (χ2n) is 7.91. The summed E-state index contributed by atoms with van der Waals surface area (Å²) < 4.78 is 3.19. The molecule has 0 aliphatic carbocycles. The molecule has 32 heavy (non-hydrogen) atoms. The lowest BCUT2D eigenvalue weighted by atomic mass is 9.96. The maximum atomic E-state index is 12.9. The van der Waals surface area contributed by atoms with Gasteiger partial charge in [-0.15, -0.1) is 12.3 Å². The first-order valence-electron chi connectivity index (χ1n) is 10.6. The number of fused-ring (bicyclic) bond motifs is 1. The van der Waals surface area contributed by atoms with E-state index in [9.17, 15) is 9.59 Å². The number of nitrogens with zero attached hydrogens (tertiary/aromatic N) is 2. The summed E-state index contributed by atoms with van der Waals surface area (Å²) in [5.74, 6) is 1.98.